The Morgan fingerprint density at radius 3 is 2.49 bits per heavy atom. The van der Waals surface area contributed by atoms with E-state index < -0.39 is 12.0 Å². The lowest BCUT2D eigenvalue weighted by atomic mass is 9.96. The van der Waals surface area contributed by atoms with Gasteiger partial charge in [-0.05, 0) is 75.2 Å². The van der Waals surface area contributed by atoms with E-state index in [9.17, 15) is 9.59 Å². The summed E-state index contributed by atoms with van der Waals surface area (Å²) < 4.78 is 9.65. The maximum absolute atomic E-state index is 13.8. The number of allylic oxidation sites excluding steroid dienone is 1. The van der Waals surface area contributed by atoms with E-state index in [1.807, 2.05) is 74.5 Å². The minimum absolute atomic E-state index is 0.191. The van der Waals surface area contributed by atoms with Crippen LogP contribution in [0.25, 0.3) is 11.8 Å². The van der Waals surface area contributed by atoms with E-state index in [0.717, 1.165) is 28.2 Å². The lowest BCUT2D eigenvalue weighted by Gasteiger charge is -2.24. The highest BCUT2D eigenvalue weighted by molar-refractivity contribution is 7.07. The highest BCUT2D eigenvalue weighted by Gasteiger charge is 2.33. The highest BCUT2D eigenvalue weighted by Crippen LogP contribution is 2.30. The second-order valence-electron chi connectivity index (χ2n) is 8.85. The predicted octanol–water partition coefficient (Wildman–Crippen LogP) is 4.86. The fraction of sp³-hybridized carbons (Fsp3) is 0.207. The smallest absolute Gasteiger partial charge is 0.338 e. The number of aromatic nitrogens is 2. The molecule has 0 radical (unpaired) electrons. The Hall–Kier alpha value is -3.68. The third-order valence-electron chi connectivity index (χ3n) is 6.47. The Morgan fingerprint density at radius 2 is 1.81 bits per heavy atom. The zero-order chi connectivity index (χ0) is 26.3. The van der Waals surface area contributed by atoms with Crippen molar-refractivity contribution in [1.82, 2.24) is 9.13 Å². The molecule has 0 aliphatic carbocycles. The molecule has 0 N–H and O–H groups in total. The number of thiazole rings is 1. The van der Waals surface area contributed by atoms with Gasteiger partial charge in [-0.2, -0.15) is 0 Å². The zero-order valence-electron chi connectivity index (χ0n) is 21.0. The molecule has 188 valence electrons. The molecule has 1 atom stereocenters. The van der Waals surface area contributed by atoms with Crippen molar-refractivity contribution < 1.29 is 9.53 Å². The van der Waals surface area contributed by atoms with Crippen molar-refractivity contribution >= 4 is 35.0 Å². The monoisotopic (exact) mass is 531 g/mol. The summed E-state index contributed by atoms with van der Waals surface area (Å²) >= 11 is 7.40. The first kappa shape index (κ1) is 25.0. The number of fused-ring (bicyclic) bond motifs is 1. The van der Waals surface area contributed by atoms with Crippen molar-refractivity contribution in [3.05, 3.63) is 119 Å². The van der Waals surface area contributed by atoms with Crippen molar-refractivity contribution in [2.45, 2.75) is 33.7 Å². The molecule has 0 amide bonds. The maximum Gasteiger partial charge on any atom is 0.338 e. The molecule has 0 unspecified atom stereocenters. The van der Waals surface area contributed by atoms with Crippen molar-refractivity contribution in [3.63, 3.8) is 0 Å². The van der Waals surface area contributed by atoms with Crippen LogP contribution in [-0.2, 0) is 9.53 Å². The zero-order valence-corrected chi connectivity index (χ0v) is 22.6. The number of hydrogen-bond donors (Lipinski definition) is 0. The molecular formula is C29H26ClN3O3S. The van der Waals surface area contributed by atoms with E-state index in [2.05, 4.69) is 15.6 Å². The van der Waals surface area contributed by atoms with Crippen LogP contribution in [0.3, 0.4) is 0 Å². The molecule has 0 spiro atoms. The summed E-state index contributed by atoms with van der Waals surface area (Å²) in [5.74, 6) is -0.460. The topological polar surface area (TPSA) is 65.6 Å². The quantitative estimate of drug-likeness (QED) is 0.345. The molecule has 1 aliphatic rings. The minimum Gasteiger partial charge on any atom is -0.463 e. The van der Waals surface area contributed by atoms with Crippen molar-refractivity contribution in [2.75, 3.05) is 6.61 Å². The molecule has 0 bridgehead atoms. The average Bonchev–Trinajstić information content (AvgIpc) is 3.33. The Morgan fingerprint density at radius 1 is 1.11 bits per heavy atom. The van der Waals surface area contributed by atoms with Crippen LogP contribution < -0.4 is 14.9 Å². The van der Waals surface area contributed by atoms with Crippen LogP contribution in [0, 0.1) is 13.8 Å². The summed E-state index contributed by atoms with van der Waals surface area (Å²) in [7, 11) is 0. The molecule has 3 heterocycles. The third-order valence-corrected chi connectivity index (χ3v) is 7.71. The van der Waals surface area contributed by atoms with Crippen molar-refractivity contribution in [1.29, 1.82) is 0 Å². The lowest BCUT2D eigenvalue weighted by Crippen LogP contribution is -2.39. The standard InChI is InChI=1S/C29H26ClN3O3S/c1-5-36-28(35)25-18(3)31-29-33(26(25)20-9-7-6-8-10-20)27(34)24(37-29)16-21-15-17(2)32(19(21)4)23-13-11-22(30)12-14-23/h6-16,26H,5H2,1-4H3/t26-/m0/s1. The van der Waals surface area contributed by atoms with Gasteiger partial charge in [-0.15, -0.1) is 0 Å². The van der Waals surface area contributed by atoms with E-state index >= 15 is 0 Å². The van der Waals surface area contributed by atoms with E-state index in [1.165, 1.54) is 11.3 Å². The molecule has 0 saturated heterocycles. The average molecular weight is 532 g/mol. The fourth-order valence-corrected chi connectivity index (χ4v) is 5.97. The van der Waals surface area contributed by atoms with Crippen LogP contribution in [0.4, 0.5) is 0 Å². The number of carbonyl (C=O) groups is 1. The molecule has 6 nitrogen and oxygen atoms in total. The van der Waals surface area contributed by atoms with E-state index in [0.29, 0.717) is 25.6 Å². The summed E-state index contributed by atoms with van der Waals surface area (Å²) in [5.41, 5.74) is 5.57. The van der Waals surface area contributed by atoms with Gasteiger partial charge in [0.05, 0.1) is 28.5 Å². The molecule has 37 heavy (non-hydrogen) atoms. The van der Waals surface area contributed by atoms with Crippen LogP contribution in [-0.4, -0.2) is 21.7 Å². The summed E-state index contributed by atoms with van der Waals surface area (Å²) in [5, 5.41) is 0.679. The molecule has 2 aromatic carbocycles. The molecule has 0 fully saturated rings. The normalized spacial score (nSPS) is 15.5. The number of halogens is 1. The van der Waals surface area contributed by atoms with Gasteiger partial charge in [-0.25, -0.2) is 9.79 Å². The number of carbonyl (C=O) groups excluding carboxylic acids is 1. The first-order valence-electron chi connectivity index (χ1n) is 12.0. The molecule has 0 saturated carbocycles. The number of benzene rings is 2. The number of hydrogen-bond acceptors (Lipinski definition) is 5. The second kappa shape index (κ2) is 10.00. The van der Waals surface area contributed by atoms with Crippen LogP contribution in [0.5, 0.6) is 0 Å². The van der Waals surface area contributed by atoms with Gasteiger partial charge in [0.2, 0.25) is 0 Å². The predicted molar refractivity (Wildman–Crippen MR) is 147 cm³/mol. The van der Waals surface area contributed by atoms with Gasteiger partial charge in [-0.1, -0.05) is 53.3 Å². The first-order valence-corrected chi connectivity index (χ1v) is 13.2. The first-order chi connectivity index (χ1) is 17.8. The largest absolute Gasteiger partial charge is 0.463 e. The Bertz CT molecular complexity index is 1710. The lowest BCUT2D eigenvalue weighted by molar-refractivity contribution is -0.139. The molecule has 2 aromatic heterocycles. The third kappa shape index (κ3) is 4.49. The molecule has 1 aliphatic heterocycles. The SMILES string of the molecule is CCOC(=O)C1=C(C)N=c2sc(=Cc3cc(C)n(-c4ccc(Cl)cc4)c3C)c(=O)n2[C@H]1c1ccccc1. The van der Waals surface area contributed by atoms with Gasteiger partial charge in [0.15, 0.2) is 4.80 Å². The Balaban J connectivity index is 1.68. The molecule has 5 rings (SSSR count). The van der Waals surface area contributed by atoms with Crippen molar-refractivity contribution in [2.24, 2.45) is 4.99 Å². The Kier molecular flexibility index (Phi) is 6.75. The van der Waals surface area contributed by atoms with Gasteiger partial charge in [-0.3, -0.25) is 9.36 Å². The summed E-state index contributed by atoms with van der Waals surface area (Å²) in [6.45, 7) is 7.86. The Labute approximate surface area is 223 Å². The minimum atomic E-state index is -0.611. The van der Waals surface area contributed by atoms with Crippen LogP contribution in [0.1, 0.15) is 42.4 Å². The van der Waals surface area contributed by atoms with E-state index in [-0.39, 0.29) is 12.2 Å². The second-order valence-corrected chi connectivity index (χ2v) is 10.3. The molecular weight excluding hydrogens is 506 g/mol. The fourth-order valence-electron chi connectivity index (χ4n) is 4.80. The summed E-state index contributed by atoms with van der Waals surface area (Å²) in [4.78, 5) is 32.0. The maximum atomic E-state index is 13.8. The molecule has 8 heteroatoms. The summed E-state index contributed by atoms with van der Waals surface area (Å²) in [6.07, 6.45) is 1.91. The van der Waals surface area contributed by atoms with Gasteiger partial charge >= 0.3 is 5.97 Å². The van der Waals surface area contributed by atoms with Gasteiger partial charge in [0, 0.05) is 22.1 Å². The number of ether oxygens (including phenoxy) is 1. The number of aryl methyl sites for hydroxylation is 1. The van der Waals surface area contributed by atoms with Crippen LogP contribution in [0.2, 0.25) is 5.02 Å². The molecule has 4 aromatic rings. The highest BCUT2D eigenvalue weighted by atomic mass is 35.5. The van der Waals surface area contributed by atoms with Gasteiger partial charge < -0.3 is 9.30 Å². The van der Waals surface area contributed by atoms with Crippen LogP contribution >= 0.6 is 22.9 Å². The van der Waals surface area contributed by atoms with E-state index in [4.69, 9.17) is 16.3 Å². The van der Waals surface area contributed by atoms with Gasteiger partial charge in [0.25, 0.3) is 5.56 Å². The van der Waals surface area contributed by atoms with Gasteiger partial charge in [0.1, 0.15) is 0 Å². The number of rotatable bonds is 5. The number of esters is 1. The van der Waals surface area contributed by atoms with Crippen molar-refractivity contribution in [3.8, 4) is 5.69 Å². The van der Waals surface area contributed by atoms with E-state index in [1.54, 1.807) is 18.4 Å². The number of nitrogens with zero attached hydrogens (tertiary/aromatic N) is 3. The van der Waals surface area contributed by atoms with Crippen LogP contribution in [0.15, 0.2) is 81.7 Å². The summed E-state index contributed by atoms with van der Waals surface area (Å²) in [6, 6.07) is 18.7.